The van der Waals surface area contributed by atoms with Crippen molar-refractivity contribution in [1.29, 1.82) is 0 Å². The third kappa shape index (κ3) is 3.91. The number of hydrogen-bond donors (Lipinski definition) is 1. The summed E-state index contributed by atoms with van der Waals surface area (Å²) in [5.74, 6) is 1.46. The first kappa shape index (κ1) is 9.41. The maximum absolute atomic E-state index is 2.48. The maximum Gasteiger partial charge on any atom is 0.154 e. The summed E-state index contributed by atoms with van der Waals surface area (Å²) in [6.07, 6.45) is 8.80. The number of thiol groups is 1. The van der Waals surface area contributed by atoms with E-state index in [1.807, 2.05) is 0 Å². The normalized spacial score (nSPS) is 16.3. The van der Waals surface area contributed by atoms with Gasteiger partial charge >= 0.3 is 0 Å². The van der Waals surface area contributed by atoms with Crippen LogP contribution in [0, 0.1) is 0 Å². The molecule has 0 rings (SSSR count). The molecule has 0 N–H and O–H groups in total. The molecular weight excluding hydrogens is 127 g/mol. The van der Waals surface area contributed by atoms with Gasteiger partial charge in [-0.3, -0.25) is 0 Å². The van der Waals surface area contributed by atoms with Gasteiger partial charge in [-0.25, -0.2) is 0 Å². The average Bonchev–Trinajstić information content (AvgIpc) is 1.66. The quantitative estimate of drug-likeness (QED) is 0.457. The number of rotatable bonds is 3. The molecule has 0 aliphatic heterocycles. The molecule has 0 fully saturated rings. The highest BCUT2D eigenvalue weighted by molar-refractivity contribution is 8.64. The molecule has 0 heterocycles. The first-order valence-electron chi connectivity index (χ1n) is 3.89. The predicted molar refractivity (Wildman–Crippen MR) is 54.9 cm³/mol. The van der Waals surface area contributed by atoms with E-state index in [1.54, 1.807) is 0 Å². The topological polar surface area (TPSA) is 0 Å². The van der Waals surface area contributed by atoms with E-state index < -0.39 is 9.01 Å². The van der Waals surface area contributed by atoms with Gasteiger partial charge in [-0.2, -0.15) is 0 Å². The second-order valence-corrected chi connectivity index (χ2v) is 12.5. The Morgan fingerprint density at radius 3 is 1.78 bits per heavy atom. The van der Waals surface area contributed by atoms with Crippen LogP contribution in [0.2, 0.25) is 6.82 Å². The molecule has 2 heteroatoms. The fourth-order valence-corrected chi connectivity index (χ4v) is 2.96. The van der Waals surface area contributed by atoms with E-state index in [4.69, 9.17) is 0 Å². The van der Waals surface area contributed by atoms with E-state index in [0.717, 1.165) is 0 Å². The molecule has 58 valence electrons. The fourth-order valence-electron chi connectivity index (χ4n) is 0.987. The molecule has 0 saturated carbocycles. The summed E-state index contributed by atoms with van der Waals surface area (Å²) >= 11 is 0. The van der Waals surface area contributed by atoms with E-state index in [-0.39, 0.29) is 0 Å². The van der Waals surface area contributed by atoms with Crippen LogP contribution in [0.25, 0.3) is 0 Å². The molecule has 0 aromatic carbocycles. The van der Waals surface area contributed by atoms with Crippen molar-refractivity contribution in [3.8, 4) is 0 Å². The molecule has 0 aliphatic rings. The lowest BCUT2D eigenvalue weighted by Gasteiger charge is -2.49. The van der Waals surface area contributed by atoms with Crippen LogP contribution in [-0.4, -0.2) is 31.1 Å². The van der Waals surface area contributed by atoms with Gasteiger partial charge in [0, 0.05) is 0 Å². The molecule has 0 atom stereocenters. The van der Waals surface area contributed by atoms with Gasteiger partial charge in [0.2, 0.25) is 0 Å². The molecule has 0 amide bonds. The molecular formula is C7H21BS. The maximum atomic E-state index is 2.48. The van der Waals surface area contributed by atoms with Crippen LogP contribution in [0.5, 0.6) is 0 Å². The summed E-state index contributed by atoms with van der Waals surface area (Å²) in [5, 5.41) is 0. The van der Waals surface area contributed by atoms with E-state index in [9.17, 15) is 0 Å². The fraction of sp³-hybridized carbons (Fsp3) is 1.00. The van der Waals surface area contributed by atoms with Crippen molar-refractivity contribution in [1.82, 2.24) is 0 Å². The Balaban J connectivity index is 3.95. The van der Waals surface area contributed by atoms with Gasteiger partial charge in [0.05, 0.1) is 0 Å². The Kier molecular flexibility index (Phi) is 2.69. The predicted octanol–water partition coefficient (Wildman–Crippen LogP) is 1.76. The smallest absolute Gasteiger partial charge is 0.154 e. The van der Waals surface area contributed by atoms with Gasteiger partial charge in [0.25, 0.3) is 0 Å². The van der Waals surface area contributed by atoms with Crippen LogP contribution >= 0.6 is 9.01 Å². The summed E-state index contributed by atoms with van der Waals surface area (Å²) in [7, 11) is -1.13. The Bertz CT molecular complexity index is 90.8. The van der Waals surface area contributed by atoms with E-state index in [0.29, 0.717) is 0 Å². The van der Waals surface area contributed by atoms with Crippen LogP contribution in [-0.2, 0) is 0 Å². The monoisotopic (exact) mass is 148 g/mol. The molecule has 0 radical (unpaired) electrons. The zero-order valence-corrected chi connectivity index (χ0v) is 8.46. The lowest BCUT2D eigenvalue weighted by Crippen LogP contribution is -2.21. The Morgan fingerprint density at radius 2 is 1.67 bits per heavy atom. The van der Waals surface area contributed by atoms with Crippen LogP contribution in [0.4, 0.5) is 0 Å². The van der Waals surface area contributed by atoms with Gasteiger partial charge in [0.15, 0.2) is 6.56 Å². The SMILES string of the molecule is CB[SH](C)(C)(C)CCC. The van der Waals surface area contributed by atoms with Crippen molar-refractivity contribution < 1.29 is 0 Å². The van der Waals surface area contributed by atoms with Crippen molar-refractivity contribution in [2.75, 3.05) is 24.5 Å². The molecule has 0 aromatic rings. The molecule has 0 unspecified atom stereocenters. The minimum Gasteiger partial charge on any atom is -0.311 e. The first-order chi connectivity index (χ1) is 3.89. The van der Waals surface area contributed by atoms with Crippen molar-refractivity contribution in [2.24, 2.45) is 0 Å². The minimum absolute atomic E-state index is 1.13. The second-order valence-electron chi connectivity index (χ2n) is 4.50. The summed E-state index contributed by atoms with van der Waals surface area (Å²) in [4.78, 5) is 0. The standard InChI is InChI=1S/C7H21BS/c1-6-7-9(3,4,5)8-2/h8-9H,6-7H2,1-5H3. The number of hydrogen-bond acceptors (Lipinski definition) is 0. The van der Waals surface area contributed by atoms with E-state index >= 15 is 0 Å². The van der Waals surface area contributed by atoms with Gasteiger partial charge in [-0.1, -0.05) is 38.9 Å². The molecule has 0 aliphatic carbocycles. The molecule has 0 saturated heterocycles. The van der Waals surface area contributed by atoms with E-state index in [1.165, 1.54) is 18.7 Å². The Labute approximate surface area is 60.8 Å². The van der Waals surface area contributed by atoms with Crippen molar-refractivity contribution in [3.05, 3.63) is 0 Å². The van der Waals surface area contributed by atoms with Gasteiger partial charge in [-0.15, -0.1) is 0 Å². The van der Waals surface area contributed by atoms with Gasteiger partial charge in [-0.05, 0) is 5.75 Å². The van der Waals surface area contributed by atoms with Crippen molar-refractivity contribution in [2.45, 2.75) is 20.2 Å². The summed E-state index contributed by atoms with van der Waals surface area (Å²) in [5.41, 5.74) is 0. The third-order valence-electron chi connectivity index (χ3n) is 2.22. The lowest BCUT2D eigenvalue weighted by molar-refractivity contribution is 1.10. The summed E-state index contributed by atoms with van der Waals surface area (Å²) < 4.78 is 0. The molecule has 0 aromatic heterocycles. The van der Waals surface area contributed by atoms with E-state index in [2.05, 4.69) is 32.5 Å². The second kappa shape index (κ2) is 2.57. The minimum atomic E-state index is -1.13. The Hall–Kier alpha value is 0.415. The first-order valence-corrected chi connectivity index (χ1v) is 7.84. The molecule has 0 nitrogen and oxygen atoms in total. The summed E-state index contributed by atoms with van der Waals surface area (Å²) in [6, 6.07) is 0. The van der Waals surface area contributed by atoms with Crippen LogP contribution in [0.3, 0.4) is 0 Å². The largest absolute Gasteiger partial charge is 0.311 e. The lowest BCUT2D eigenvalue weighted by atomic mass is 10.2. The summed E-state index contributed by atoms with van der Waals surface area (Å²) in [6.45, 7) is 6.01. The molecule has 0 spiro atoms. The van der Waals surface area contributed by atoms with Gasteiger partial charge in [0.1, 0.15) is 0 Å². The van der Waals surface area contributed by atoms with Crippen molar-refractivity contribution >= 4 is 15.6 Å². The highest BCUT2D eigenvalue weighted by atomic mass is 32.3. The Morgan fingerprint density at radius 1 is 1.22 bits per heavy atom. The third-order valence-corrected chi connectivity index (χ3v) is 6.67. The van der Waals surface area contributed by atoms with Gasteiger partial charge < -0.3 is 9.01 Å². The zero-order valence-electron chi connectivity index (χ0n) is 7.57. The highest BCUT2D eigenvalue weighted by Crippen LogP contribution is 2.57. The van der Waals surface area contributed by atoms with Crippen LogP contribution in [0.15, 0.2) is 0 Å². The average molecular weight is 148 g/mol. The molecule has 9 heavy (non-hydrogen) atoms. The van der Waals surface area contributed by atoms with Crippen LogP contribution < -0.4 is 0 Å². The van der Waals surface area contributed by atoms with Crippen LogP contribution in [0.1, 0.15) is 13.3 Å². The molecule has 0 bridgehead atoms. The zero-order chi connectivity index (χ0) is 7.57. The highest BCUT2D eigenvalue weighted by Gasteiger charge is 2.22. The van der Waals surface area contributed by atoms with Crippen molar-refractivity contribution in [3.63, 3.8) is 0 Å².